The lowest BCUT2D eigenvalue weighted by Gasteiger charge is -2.28. The number of hydrazone groups is 1. The Kier molecular flexibility index (Phi) is 5.85. The van der Waals surface area contributed by atoms with E-state index in [2.05, 4.69) is 62.2 Å². The second kappa shape index (κ2) is 9.44. The van der Waals surface area contributed by atoms with Crippen LogP contribution < -0.4 is 10.3 Å². The van der Waals surface area contributed by atoms with E-state index in [1.54, 1.807) is 17.6 Å². The number of fused-ring (bicyclic) bond motifs is 2. The van der Waals surface area contributed by atoms with Gasteiger partial charge in [0.15, 0.2) is 11.6 Å². The molecule has 0 amide bonds. The van der Waals surface area contributed by atoms with Crippen molar-refractivity contribution >= 4 is 50.6 Å². The van der Waals surface area contributed by atoms with E-state index in [-0.39, 0.29) is 0 Å². The molecule has 1 aliphatic rings. The SMILES string of the molecule is Cc1ccc(Cn2c(/C=N/Nc3nc(N4CCOCC4)c4sccc4n3)nc3ccccc32)cc1. The number of nitrogens with zero attached hydrogens (tertiary/aromatic N) is 6. The molecule has 1 saturated heterocycles. The number of anilines is 2. The Morgan fingerprint density at radius 1 is 1.00 bits per heavy atom. The maximum absolute atomic E-state index is 5.51. The zero-order valence-electron chi connectivity index (χ0n) is 19.4. The fourth-order valence-corrected chi connectivity index (χ4v) is 5.12. The predicted octanol–water partition coefficient (Wildman–Crippen LogP) is 4.68. The Hall–Kier alpha value is -3.82. The van der Waals surface area contributed by atoms with Crippen LogP contribution in [-0.4, -0.2) is 52.0 Å². The zero-order valence-corrected chi connectivity index (χ0v) is 20.2. The minimum Gasteiger partial charge on any atom is -0.378 e. The number of aryl methyl sites for hydroxylation is 1. The van der Waals surface area contributed by atoms with Gasteiger partial charge in [0.25, 0.3) is 0 Å². The first-order chi connectivity index (χ1) is 17.2. The van der Waals surface area contributed by atoms with Crippen LogP contribution in [0.5, 0.6) is 0 Å². The molecule has 5 aromatic rings. The zero-order chi connectivity index (χ0) is 23.6. The molecule has 1 N–H and O–H groups in total. The summed E-state index contributed by atoms with van der Waals surface area (Å²) < 4.78 is 8.77. The van der Waals surface area contributed by atoms with Crippen LogP contribution in [0.2, 0.25) is 0 Å². The molecule has 35 heavy (non-hydrogen) atoms. The number of rotatable bonds is 6. The first-order valence-electron chi connectivity index (χ1n) is 11.6. The van der Waals surface area contributed by atoms with Crippen molar-refractivity contribution in [2.45, 2.75) is 13.5 Å². The van der Waals surface area contributed by atoms with Gasteiger partial charge in [-0.1, -0.05) is 42.0 Å². The van der Waals surface area contributed by atoms with E-state index in [0.717, 1.165) is 46.0 Å². The molecule has 0 radical (unpaired) electrons. The smallest absolute Gasteiger partial charge is 0.246 e. The van der Waals surface area contributed by atoms with Crippen molar-refractivity contribution in [3.8, 4) is 0 Å². The Bertz CT molecular complexity index is 1500. The summed E-state index contributed by atoms with van der Waals surface area (Å²) in [5.41, 5.74) is 8.41. The fourth-order valence-electron chi connectivity index (χ4n) is 4.27. The third-order valence-electron chi connectivity index (χ3n) is 6.09. The second-order valence-electron chi connectivity index (χ2n) is 8.51. The first-order valence-corrected chi connectivity index (χ1v) is 12.5. The number of hydrogen-bond acceptors (Lipinski definition) is 8. The highest BCUT2D eigenvalue weighted by atomic mass is 32.1. The molecule has 0 unspecified atom stereocenters. The molecule has 0 aliphatic carbocycles. The molecule has 3 aromatic heterocycles. The summed E-state index contributed by atoms with van der Waals surface area (Å²) in [7, 11) is 0. The van der Waals surface area contributed by atoms with Gasteiger partial charge < -0.3 is 14.2 Å². The summed E-state index contributed by atoms with van der Waals surface area (Å²) in [4.78, 5) is 16.5. The Balaban J connectivity index is 1.30. The molecule has 0 atom stereocenters. The van der Waals surface area contributed by atoms with Gasteiger partial charge in [-0.2, -0.15) is 10.1 Å². The Morgan fingerprint density at radius 2 is 1.83 bits per heavy atom. The van der Waals surface area contributed by atoms with Crippen LogP contribution in [0.1, 0.15) is 17.0 Å². The average Bonchev–Trinajstić information content (AvgIpc) is 3.50. The van der Waals surface area contributed by atoms with Gasteiger partial charge in [-0.05, 0) is 36.1 Å². The molecule has 8 nitrogen and oxygen atoms in total. The molecule has 6 rings (SSSR count). The lowest BCUT2D eigenvalue weighted by atomic mass is 10.1. The molecule has 0 spiro atoms. The van der Waals surface area contributed by atoms with Gasteiger partial charge in [-0.25, -0.2) is 15.4 Å². The standard InChI is InChI=1S/C26H25N7OS/c1-18-6-8-19(9-7-18)17-33-22-5-3-2-4-20(22)28-23(33)16-27-31-26-29-21-10-15-35-24(21)25(30-26)32-11-13-34-14-12-32/h2-10,15-16H,11-14,17H2,1H3,(H,29,30,31)/b27-16+. The third-order valence-corrected chi connectivity index (χ3v) is 6.99. The van der Waals surface area contributed by atoms with Gasteiger partial charge in [-0.3, -0.25) is 0 Å². The highest BCUT2D eigenvalue weighted by molar-refractivity contribution is 7.17. The monoisotopic (exact) mass is 483 g/mol. The fraction of sp³-hybridized carbons (Fsp3) is 0.231. The largest absolute Gasteiger partial charge is 0.378 e. The van der Waals surface area contributed by atoms with Crippen LogP contribution in [0.4, 0.5) is 11.8 Å². The van der Waals surface area contributed by atoms with Crippen molar-refractivity contribution in [1.82, 2.24) is 19.5 Å². The van der Waals surface area contributed by atoms with Gasteiger partial charge in [0.05, 0.1) is 40.7 Å². The van der Waals surface area contributed by atoms with Crippen LogP contribution in [0.15, 0.2) is 65.1 Å². The van der Waals surface area contributed by atoms with Gasteiger partial charge in [-0.15, -0.1) is 11.3 Å². The number of aromatic nitrogens is 4. The Labute approximate surface area is 206 Å². The third kappa shape index (κ3) is 4.48. The van der Waals surface area contributed by atoms with Crippen LogP contribution in [0.3, 0.4) is 0 Å². The Morgan fingerprint density at radius 3 is 2.69 bits per heavy atom. The van der Waals surface area contributed by atoms with E-state index in [9.17, 15) is 0 Å². The van der Waals surface area contributed by atoms with Crippen molar-refractivity contribution in [2.75, 3.05) is 36.6 Å². The van der Waals surface area contributed by atoms with Crippen LogP contribution in [0, 0.1) is 6.92 Å². The molecule has 0 saturated carbocycles. The van der Waals surface area contributed by atoms with E-state index in [0.29, 0.717) is 25.7 Å². The van der Waals surface area contributed by atoms with E-state index in [4.69, 9.17) is 14.7 Å². The van der Waals surface area contributed by atoms with Crippen molar-refractivity contribution in [1.29, 1.82) is 0 Å². The predicted molar refractivity (Wildman–Crippen MR) is 142 cm³/mol. The summed E-state index contributed by atoms with van der Waals surface area (Å²) in [5, 5.41) is 6.52. The lowest BCUT2D eigenvalue weighted by molar-refractivity contribution is 0.122. The number of morpholine rings is 1. The molecule has 1 fully saturated rings. The van der Waals surface area contributed by atoms with Gasteiger partial charge in [0.2, 0.25) is 5.95 Å². The molecular formula is C26H25N7OS. The quantitative estimate of drug-likeness (QED) is 0.279. The minimum atomic E-state index is 0.467. The number of imidazole rings is 1. The summed E-state index contributed by atoms with van der Waals surface area (Å²) in [6.45, 7) is 5.84. The topological polar surface area (TPSA) is 80.5 Å². The van der Waals surface area contributed by atoms with Crippen LogP contribution in [0.25, 0.3) is 21.3 Å². The van der Waals surface area contributed by atoms with E-state index in [1.807, 2.05) is 29.6 Å². The van der Waals surface area contributed by atoms with Crippen molar-refractivity contribution in [3.63, 3.8) is 0 Å². The number of para-hydroxylation sites is 2. The van der Waals surface area contributed by atoms with Gasteiger partial charge in [0.1, 0.15) is 0 Å². The molecule has 0 bridgehead atoms. The van der Waals surface area contributed by atoms with Crippen molar-refractivity contribution in [2.24, 2.45) is 5.10 Å². The number of thiophene rings is 1. The van der Waals surface area contributed by atoms with Gasteiger partial charge >= 0.3 is 0 Å². The number of ether oxygens (including phenoxy) is 1. The summed E-state index contributed by atoms with van der Waals surface area (Å²) in [6, 6.07) is 18.7. The number of hydrogen-bond donors (Lipinski definition) is 1. The summed E-state index contributed by atoms with van der Waals surface area (Å²) in [5.74, 6) is 2.16. The summed E-state index contributed by atoms with van der Waals surface area (Å²) >= 11 is 1.66. The number of benzene rings is 2. The lowest BCUT2D eigenvalue weighted by Crippen LogP contribution is -2.36. The highest BCUT2D eigenvalue weighted by Crippen LogP contribution is 2.30. The summed E-state index contributed by atoms with van der Waals surface area (Å²) in [6.07, 6.45) is 1.74. The average molecular weight is 484 g/mol. The van der Waals surface area contributed by atoms with E-state index < -0.39 is 0 Å². The second-order valence-corrected chi connectivity index (χ2v) is 9.42. The maximum atomic E-state index is 5.51. The molecular weight excluding hydrogens is 458 g/mol. The number of nitrogens with one attached hydrogen (secondary N) is 1. The van der Waals surface area contributed by atoms with Crippen LogP contribution >= 0.6 is 11.3 Å². The molecule has 4 heterocycles. The maximum Gasteiger partial charge on any atom is 0.246 e. The van der Waals surface area contributed by atoms with E-state index in [1.165, 1.54) is 11.1 Å². The van der Waals surface area contributed by atoms with Gasteiger partial charge in [0, 0.05) is 19.6 Å². The normalized spacial score (nSPS) is 14.4. The van der Waals surface area contributed by atoms with Crippen molar-refractivity contribution < 1.29 is 4.74 Å². The highest BCUT2D eigenvalue weighted by Gasteiger charge is 2.18. The van der Waals surface area contributed by atoms with Crippen molar-refractivity contribution in [3.05, 3.63) is 76.9 Å². The van der Waals surface area contributed by atoms with Crippen LogP contribution in [-0.2, 0) is 11.3 Å². The molecule has 176 valence electrons. The molecule has 2 aromatic carbocycles. The first kappa shape index (κ1) is 21.7. The minimum absolute atomic E-state index is 0.467. The molecule has 1 aliphatic heterocycles. The van der Waals surface area contributed by atoms with E-state index >= 15 is 0 Å². The molecule has 9 heteroatoms.